The molecule has 5 heteroatoms. The molecule has 0 bridgehead atoms. The zero-order valence-corrected chi connectivity index (χ0v) is 6.05. The van der Waals surface area contributed by atoms with E-state index in [9.17, 15) is 4.39 Å². The number of rotatable bonds is 1. The van der Waals surface area contributed by atoms with E-state index in [1.165, 1.54) is 35.6 Å². The highest BCUT2D eigenvalue weighted by Crippen LogP contribution is 2.06. The zero-order chi connectivity index (χ0) is 8.39. The van der Waals surface area contributed by atoms with Crippen molar-refractivity contribution in [2.45, 2.75) is 0 Å². The summed E-state index contributed by atoms with van der Waals surface area (Å²) in [7, 11) is 0. The van der Waals surface area contributed by atoms with Gasteiger partial charge in [-0.3, -0.25) is 4.57 Å². The van der Waals surface area contributed by atoms with Crippen molar-refractivity contribution >= 4 is 0 Å². The van der Waals surface area contributed by atoms with Gasteiger partial charge in [-0.25, -0.2) is 9.37 Å². The Morgan fingerprint density at radius 3 is 2.67 bits per heavy atom. The van der Waals surface area contributed by atoms with Crippen molar-refractivity contribution in [2.24, 2.45) is 0 Å². The largest absolute Gasteiger partial charge is 0.269 e. The maximum Gasteiger partial charge on any atom is 0.175 e. The van der Waals surface area contributed by atoms with E-state index in [2.05, 4.69) is 15.2 Å². The van der Waals surface area contributed by atoms with Gasteiger partial charge in [-0.1, -0.05) is 0 Å². The van der Waals surface area contributed by atoms with Crippen molar-refractivity contribution in [3.8, 4) is 5.82 Å². The molecule has 0 aromatic carbocycles. The van der Waals surface area contributed by atoms with Crippen LogP contribution in [0.25, 0.3) is 5.82 Å². The summed E-state index contributed by atoms with van der Waals surface area (Å²) in [6, 6.07) is 2.87. The Bertz CT molecular complexity index is 371. The Kier molecular flexibility index (Phi) is 1.55. The Morgan fingerprint density at radius 1 is 1.25 bits per heavy atom. The average molecular weight is 164 g/mol. The van der Waals surface area contributed by atoms with E-state index in [1.807, 2.05) is 0 Å². The molecule has 0 aliphatic carbocycles. The summed E-state index contributed by atoms with van der Waals surface area (Å²) in [6.07, 6.45) is 4.30. The van der Waals surface area contributed by atoms with Crippen LogP contribution in [0.15, 0.2) is 31.0 Å². The second-order valence-electron chi connectivity index (χ2n) is 2.18. The van der Waals surface area contributed by atoms with Gasteiger partial charge in [0.2, 0.25) is 0 Å². The summed E-state index contributed by atoms with van der Waals surface area (Å²) in [5, 5.41) is 7.09. The molecule has 2 heterocycles. The van der Waals surface area contributed by atoms with Crippen LogP contribution in [0.1, 0.15) is 0 Å². The third-order valence-corrected chi connectivity index (χ3v) is 1.40. The first kappa shape index (κ1) is 6.90. The van der Waals surface area contributed by atoms with E-state index in [-0.39, 0.29) is 5.82 Å². The second kappa shape index (κ2) is 2.69. The minimum Gasteiger partial charge on any atom is -0.269 e. The fraction of sp³-hybridized carbons (Fsp3) is 0. The van der Waals surface area contributed by atoms with E-state index < -0.39 is 5.82 Å². The monoisotopic (exact) mass is 164 g/mol. The van der Waals surface area contributed by atoms with Crippen molar-refractivity contribution in [1.29, 1.82) is 0 Å². The highest BCUT2D eigenvalue weighted by molar-refractivity contribution is 5.22. The molecule has 0 spiro atoms. The molecular formula is C7H5FN4. The van der Waals surface area contributed by atoms with Crippen LogP contribution < -0.4 is 0 Å². The smallest absolute Gasteiger partial charge is 0.175 e. The van der Waals surface area contributed by atoms with Crippen LogP contribution in [0.3, 0.4) is 0 Å². The summed E-state index contributed by atoms with van der Waals surface area (Å²) in [6.45, 7) is 0. The normalized spacial score (nSPS) is 10.1. The third-order valence-electron chi connectivity index (χ3n) is 1.40. The number of hydrogen-bond acceptors (Lipinski definition) is 3. The Hall–Kier alpha value is -1.78. The number of pyridine rings is 1. The first-order valence-corrected chi connectivity index (χ1v) is 3.33. The quantitative estimate of drug-likeness (QED) is 0.626. The van der Waals surface area contributed by atoms with Crippen molar-refractivity contribution in [3.05, 3.63) is 36.8 Å². The number of aromatic nitrogens is 4. The highest BCUT2D eigenvalue weighted by atomic mass is 19.1. The predicted octanol–water partition coefficient (Wildman–Crippen LogP) is 0.801. The molecule has 0 N–H and O–H groups in total. The molecule has 0 unspecified atom stereocenters. The molecule has 0 aliphatic heterocycles. The Labute approximate surface area is 67.7 Å². The number of hydrogen-bond donors (Lipinski definition) is 0. The predicted molar refractivity (Wildman–Crippen MR) is 39.1 cm³/mol. The molecule has 60 valence electrons. The summed E-state index contributed by atoms with van der Waals surface area (Å²) in [5.74, 6) is -0.181. The van der Waals surface area contributed by atoms with Gasteiger partial charge >= 0.3 is 0 Å². The van der Waals surface area contributed by atoms with Crippen molar-refractivity contribution in [1.82, 2.24) is 19.7 Å². The second-order valence-corrected chi connectivity index (χ2v) is 2.18. The lowest BCUT2D eigenvalue weighted by Gasteiger charge is -1.98. The summed E-state index contributed by atoms with van der Waals surface area (Å²) in [4.78, 5) is 3.83. The van der Waals surface area contributed by atoms with Crippen LogP contribution in [0.4, 0.5) is 4.39 Å². The van der Waals surface area contributed by atoms with Crippen molar-refractivity contribution in [2.75, 3.05) is 0 Å². The summed E-state index contributed by atoms with van der Waals surface area (Å²) < 4.78 is 14.4. The van der Waals surface area contributed by atoms with Crippen LogP contribution in [-0.4, -0.2) is 19.7 Å². The first-order chi connectivity index (χ1) is 5.88. The lowest BCUT2D eigenvalue weighted by atomic mass is 10.4. The lowest BCUT2D eigenvalue weighted by molar-refractivity contribution is 0.609. The minimum atomic E-state index is -0.391. The van der Waals surface area contributed by atoms with Crippen LogP contribution >= 0.6 is 0 Å². The molecule has 0 radical (unpaired) electrons. The molecule has 0 aliphatic rings. The van der Waals surface area contributed by atoms with Crippen LogP contribution in [0.2, 0.25) is 0 Å². The Balaban J connectivity index is 2.55. The molecule has 0 atom stereocenters. The van der Waals surface area contributed by atoms with Crippen molar-refractivity contribution in [3.63, 3.8) is 0 Å². The third kappa shape index (κ3) is 1.05. The summed E-state index contributed by atoms with van der Waals surface area (Å²) in [5.41, 5.74) is 0. The van der Waals surface area contributed by atoms with E-state index in [0.29, 0.717) is 0 Å². The molecule has 0 saturated heterocycles. The molecule has 0 saturated carbocycles. The van der Waals surface area contributed by atoms with Gasteiger partial charge in [0.05, 0.1) is 0 Å². The van der Waals surface area contributed by atoms with Gasteiger partial charge in [-0.2, -0.15) is 0 Å². The number of halogens is 1. The van der Waals surface area contributed by atoms with Gasteiger partial charge in [0.25, 0.3) is 0 Å². The van der Waals surface area contributed by atoms with Gasteiger partial charge < -0.3 is 0 Å². The minimum absolute atomic E-state index is 0.211. The van der Waals surface area contributed by atoms with Crippen LogP contribution in [0.5, 0.6) is 0 Å². The van der Waals surface area contributed by atoms with E-state index in [1.54, 1.807) is 0 Å². The molecule has 12 heavy (non-hydrogen) atoms. The van der Waals surface area contributed by atoms with Gasteiger partial charge in [-0.15, -0.1) is 10.2 Å². The van der Waals surface area contributed by atoms with E-state index in [4.69, 9.17) is 0 Å². The molecule has 2 aromatic rings. The molecule has 2 aromatic heterocycles. The van der Waals surface area contributed by atoms with Gasteiger partial charge in [0.15, 0.2) is 11.6 Å². The summed E-state index contributed by atoms with van der Waals surface area (Å²) >= 11 is 0. The zero-order valence-electron chi connectivity index (χ0n) is 6.05. The molecule has 0 amide bonds. The van der Waals surface area contributed by atoms with E-state index >= 15 is 0 Å². The standard InChI is InChI=1S/C7H5FN4/c8-6-2-1-3-9-7(6)12-4-10-11-5-12/h1-5H. The number of nitrogens with zero attached hydrogens (tertiary/aromatic N) is 4. The van der Waals surface area contributed by atoms with Gasteiger partial charge in [0, 0.05) is 6.20 Å². The average Bonchev–Trinajstić information content (AvgIpc) is 2.57. The van der Waals surface area contributed by atoms with Crippen LogP contribution in [-0.2, 0) is 0 Å². The van der Waals surface area contributed by atoms with Gasteiger partial charge in [-0.05, 0) is 12.1 Å². The SMILES string of the molecule is Fc1cccnc1-n1cnnc1. The topological polar surface area (TPSA) is 43.6 Å². The van der Waals surface area contributed by atoms with Crippen molar-refractivity contribution < 1.29 is 4.39 Å². The lowest BCUT2D eigenvalue weighted by Crippen LogP contribution is -1.97. The molecule has 2 rings (SSSR count). The molecule has 0 fully saturated rings. The first-order valence-electron chi connectivity index (χ1n) is 3.33. The molecule has 4 nitrogen and oxygen atoms in total. The maximum atomic E-state index is 13.0. The Morgan fingerprint density at radius 2 is 2.00 bits per heavy atom. The van der Waals surface area contributed by atoms with Gasteiger partial charge in [0.1, 0.15) is 12.7 Å². The van der Waals surface area contributed by atoms with Crippen LogP contribution in [0, 0.1) is 5.82 Å². The molecular weight excluding hydrogens is 159 g/mol. The highest BCUT2D eigenvalue weighted by Gasteiger charge is 2.02. The maximum absolute atomic E-state index is 13.0. The fourth-order valence-corrected chi connectivity index (χ4v) is 0.877. The fourth-order valence-electron chi connectivity index (χ4n) is 0.877. The van der Waals surface area contributed by atoms with E-state index in [0.717, 1.165) is 0 Å².